The molecule has 2 aliphatic rings. The highest BCUT2D eigenvalue weighted by molar-refractivity contribution is 7.90. The van der Waals surface area contributed by atoms with Gasteiger partial charge in [-0.25, -0.2) is 17.9 Å². The Hall–Kier alpha value is -1.56. The first kappa shape index (κ1) is 17.3. The Kier molecular flexibility index (Phi) is 5.13. The number of ether oxygens (including phenoxy) is 1. The van der Waals surface area contributed by atoms with Crippen LogP contribution in [-0.4, -0.2) is 20.6 Å². The Balaban J connectivity index is 1.56. The zero-order valence-corrected chi connectivity index (χ0v) is 14.8. The SMILES string of the molecule is Cc1ccc(S(=O)(=O)NC(=O)O[C@@H]2CC[C@H]3CCCC[C@H]3C2)cc1. The third-order valence-corrected chi connectivity index (χ3v) is 6.64. The summed E-state index contributed by atoms with van der Waals surface area (Å²) < 4.78 is 31.8. The van der Waals surface area contributed by atoms with E-state index in [4.69, 9.17) is 4.74 Å². The van der Waals surface area contributed by atoms with E-state index >= 15 is 0 Å². The van der Waals surface area contributed by atoms with E-state index in [2.05, 4.69) is 0 Å². The van der Waals surface area contributed by atoms with Crippen LogP contribution in [0.1, 0.15) is 50.5 Å². The van der Waals surface area contributed by atoms with Gasteiger partial charge in [0.1, 0.15) is 6.10 Å². The maximum Gasteiger partial charge on any atom is 0.421 e. The molecule has 0 radical (unpaired) electrons. The van der Waals surface area contributed by atoms with Gasteiger partial charge in [0.2, 0.25) is 0 Å². The number of rotatable bonds is 3. The normalized spacial score (nSPS) is 27.1. The molecule has 1 aromatic carbocycles. The Morgan fingerprint density at radius 1 is 1.04 bits per heavy atom. The van der Waals surface area contributed by atoms with E-state index in [9.17, 15) is 13.2 Å². The van der Waals surface area contributed by atoms with Crippen LogP contribution in [0, 0.1) is 18.8 Å². The predicted octanol–water partition coefficient (Wildman–Crippen LogP) is 3.77. The highest BCUT2D eigenvalue weighted by Gasteiger charge is 2.34. The lowest BCUT2D eigenvalue weighted by atomic mass is 9.70. The number of fused-ring (bicyclic) bond motifs is 1. The third kappa shape index (κ3) is 4.09. The summed E-state index contributed by atoms with van der Waals surface area (Å²) in [5.41, 5.74) is 0.959. The van der Waals surface area contributed by atoms with Crippen LogP contribution in [0.3, 0.4) is 0 Å². The molecule has 0 aliphatic heterocycles. The fourth-order valence-electron chi connectivity index (χ4n) is 4.00. The van der Waals surface area contributed by atoms with Gasteiger partial charge in [-0.3, -0.25) is 0 Å². The molecule has 1 amide bonds. The Morgan fingerprint density at radius 3 is 2.42 bits per heavy atom. The summed E-state index contributed by atoms with van der Waals surface area (Å²) in [5.74, 6) is 1.39. The number of nitrogens with one attached hydrogen (secondary N) is 1. The van der Waals surface area contributed by atoms with Gasteiger partial charge < -0.3 is 4.74 Å². The van der Waals surface area contributed by atoms with Crippen molar-refractivity contribution in [3.63, 3.8) is 0 Å². The van der Waals surface area contributed by atoms with Crippen LogP contribution in [0.2, 0.25) is 0 Å². The largest absolute Gasteiger partial charge is 0.446 e. The summed E-state index contributed by atoms with van der Waals surface area (Å²) in [4.78, 5) is 12.1. The van der Waals surface area contributed by atoms with Crippen LogP contribution >= 0.6 is 0 Å². The van der Waals surface area contributed by atoms with Crippen molar-refractivity contribution in [2.45, 2.75) is 62.9 Å². The number of benzene rings is 1. The average molecular weight is 351 g/mol. The van der Waals surface area contributed by atoms with Gasteiger partial charge in [-0.15, -0.1) is 0 Å². The first-order valence-electron chi connectivity index (χ1n) is 8.74. The lowest BCUT2D eigenvalue weighted by molar-refractivity contribution is 0.0301. The predicted molar refractivity (Wildman–Crippen MR) is 91.1 cm³/mol. The van der Waals surface area contributed by atoms with Crippen molar-refractivity contribution in [3.8, 4) is 0 Å². The molecule has 6 heteroatoms. The molecule has 2 aliphatic carbocycles. The maximum absolute atomic E-state index is 12.2. The maximum atomic E-state index is 12.2. The van der Waals surface area contributed by atoms with Crippen LogP contribution in [0.25, 0.3) is 0 Å². The fraction of sp³-hybridized carbons (Fsp3) is 0.611. The smallest absolute Gasteiger partial charge is 0.421 e. The standard InChI is InChI=1S/C18H25NO4S/c1-13-6-10-17(11-7-13)24(21,22)19-18(20)23-16-9-8-14-4-2-3-5-15(14)12-16/h6-7,10-11,14-16H,2-5,8-9,12H2,1H3,(H,19,20)/t14-,15+,16-/m1/s1. The van der Waals surface area contributed by atoms with Crippen LogP contribution in [0.5, 0.6) is 0 Å². The summed E-state index contributed by atoms with van der Waals surface area (Å²) in [6.07, 6.45) is 6.78. The number of aryl methyl sites for hydroxylation is 1. The molecule has 3 atom stereocenters. The van der Waals surface area contributed by atoms with Crippen molar-refractivity contribution >= 4 is 16.1 Å². The van der Waals surface area contributed by atoms with Crippen molar-refractivity contribution in [2.75, 3.05) is 0 Å². The van der Waals surface area contributed by atoms with E-state index in [1.54, 1.807) is 12.1 Å². The topological polar surface area (TPSA) is 72.5 Å². The second kappa shape index (κ2) is 7.13. The van der Waals surface area contributed by atoms with Gasteiger partial charge in [-0.05, 0) is 50.2 Å². The summed E-state index contributed by atoms with van der Waals surface area (Å²) in [6, 6.07) is 6.37. The molecule has 2 saturated carbocycles. The molecule has 0 saturated heterocycles. The Bertz CT molecular complexity index is 683. The summed E-state index contributed by atoms with van der Waals surface area (Å²) in [6.45, 7) is 1.87. The fourth-order valence-corrected chi connectivity index (χ4v) is 4.88. The minimum absolute atomic E-state index is 0.0704. The number of hydrogen-bond acceptors (Lipinski definition) is 4. The van der Waals surface area contributed by atoms with Gasteiger partial charge in [-0.1, -0.05) is 43.4 Å². The van der Waals surface area contributed by atoms with Crippen molar-refractivity contribution in [1.29, 1.82) is 0 Å². The Morgan fingerprint density at radius 2 is 1.71 bits per heavy atom. The third-order valence-electron chi connectivity index (χ3n) is 5.31. The first-order chi connectivity index (χ1) is 11.4. The van der Waals surface area contributed by atoms with Gasteiger partial charge in [0.15, 0.2) is 0 Å². The molecule has 2 fully saturated rings. The van der Waals surface area contributed by atoms with Crippen LogP contribution < -0.4 is 4.72 Å². The van der Waals surface area contributed by atoms with Crippen LogP contribution in [-0.2, 0) is 14.8 Å². The van der Waals surface area contributed by atoms with E-state index in [1.165, 1.54) is 37.8 Å². The quantitative estimate of drug-likeness (QED) is 0.900. The van der Waals surface area contributed by atoms with Gasteiger partial charge in [0.05, 0.1) is 4.90 Å². The minimum Gasteiger partial charge on any atom is -0.446 e. The van der Waals surface area contributed by atoms with Gasteiger partial charge in [-0.2, -0.15) is 0 Å². The summed E-state index contributed by atoms with van der Waals surface area (Å²) in [7, 11) is -3.87. The second-order valence-corrected chi connectivity index (χ2v) is 8.75. The van der Waals surface area contributed by atoms with E-state index in [0.29, 0.717) is 5.92 Å². The zero-order valence-electron chi connectivity index (χ0n) is 14.0. The molecule has 24 heavy (non-hydrogen) atoms. The molecular formula is C18H25NO4S. The van der Waals surface area contributed by atoms with Gasteiger partial charge >= 0.3 is 6.09 Å². The molecule has 1 N–H and O–H groups in total. The lowest BCUT2D eigenvalue weighted by Gasteiger charge is -2.38. The number of hydrogen-bond donors (Lipinski definition) is 1. The molecule has 0 spiro atoms. The highest BCUT2D eigenvalue weighted by Crippen LogP contribution is 2.41. The molecule has 0 unspecified atom stereocenters. The molecule has 0 heterocycles. The number of carbonyl (C=O) groups is 1. The van der Waals surface area contributed by atoms with Crippen LogP contribution in [0.4, 0.5) is 4.79 Å². The molecule has 3 rings (SSSR count). The molecular weight excluding hydrogens is 326 g/mol. The van der Waals surface area contributed by atoms with Gasteiger partial charge in [0.25, 0.3) is 10.0 Å². The average Bonchev–Trinajstić information content (AvgIpc) is 2.54. The van der Waals surface area contributed by atoms with Crippen molar-refractivity contribution in [2.24, 2.45) is 11.8 Å². The molecule has 5 nitrogen and oxygen atoms in total. The van der Waals surface area contributed by atoms with E-state index in [-0.39, 0.29) is 11.0 Å². The highest BCUT2D eigenvalue weighted by atomic mass is 32.2. The summed E-state index contributed by atoms with van der Waals surface area (Å²) in [5, 5.41) is 0. The number of amides is 1. The lowest BCUT2D eigenvalue weighted by Crippen LogP contribution is -2.37. The second-order valence-electron chi connectivity index (χ2n) is 7.06. The first-order valence-corrected chi connectivity index (χ1v) is 10.2. The van der Waals surface area contributed by atoms with Crippen LogP contribution in [0.15, 0.2) is 29.2 Å². The zero-order chi connectivity index (χ0) is 17.2. The van der Waals surface area contributed by atoms with E-state index in [0.717, 1.165) is 30.7 Å². The van der Waals surface area contributed by atoms with Crippen molar-refractivity contribution in [3.05, 3.63) is 29.8 Å². The van der Waals surface area contributed by atoms with Gasteiger partial charge in [0, 0.05) is 0 Å². The number of carbonyl (C=O) groups excluding carboxylic acids is 1. The van der Waals surface area contributed by atoms with E-state index < -0.39 is 16.1 Å². The Labute approximate surface area is 143 Å². The van der Waals surface area contributed by atoms with Crippen molar-refractivity contribution < 1.29 is 17.9 Å². The molecule has 1 aromatic rings. The summed E-state index contributed by atoms with van der Waals surface area (Å²) >= 11 is 0. The molecule has 132 valence electrons. The minimum atomic E-state index is -3.87. The molecule has 0 aromatic heterocycles. The number of sulfonamides is 1. The van der Waals surface area contributed by atoms with Crippen molar-refractivity contribution in [1.82, 2.24) is 4.72 Å². The van der Waals surface area contributed by atoms with E-state index in [1.807, 2.05) is 11.6 Å². The monoisotopic (exact) mass is 351 g/mol. The molecule has 0 bridgehead atoms.